The topological polar surface area (TPSA) is 89.4 Å². The monoisotopic (exact) mass is 473 g/mol. The highest BCUT2D eigenvalue weighted by Crippen LogP contribution is 2.36. The van der Waals surface area contributed by atoms with Crippen LogP contribution in [0.4, 0.5) is 10.1 Å². The minimum absolute atomic E-state index is 0.0543. The van der Waals surface area contributed by atoms with Crippen molar-refractivity contribution in [3.8, 4) is 5.75 Å². The maximum Gasteiger partial charge on any atom is 0.251 e. The van der Waals surface area contributed by atoms with Crippen LogP contribution in [0.25, 0.3) is 11.0 Å². The minimum atomic E-state index is -0.912. The summed E-state index contributed by atoms with van der Waals surface area (Å²) in [5.74, 6) is -0.464. The van der Waals surface area contributed by atoms with Gasteiger partial charge in [-0.15, -0.1) is 5.10 Å². The number of carbonyl (C=O) groups is 2. The van der Waals surface area contributed by atoms with Gasteiger partial charge in [-0.2, -0.15) is 0 Å². The summed E-state index contributed by atoms with van der Waals surface area (Å²) in [4.78, 5) is 28.9. The van der Waals surface area contributed by atoms with Crippen molar-refractivity contribution in [1.82, 2.24) is 19.9 Å². The fraction of sp³-hybridized carbons (Fsp3) is 0.231. The van der Waals surface area contributed by atoms with E-state index in [-0.39, 0.29) is 18.5 Å². The summed E-state index contributed by atoms with van der Waals surface area (Å²) in [7, 11) is 1.55. The van der Waals surface area contributed by atoms with Gasteiger partial charge in [-0.3, -0.25) is 9.59 Å². The minimum Gasteiger partial charge on any atom is -0.497 e. The van der Waals surface area contributed by atoms with Crippen molar-refractivity contribution >= 4 is 28.5 Å². The van der Waals surface area contributed by atoms with E-state index in [1.54, 1.807) is 41.0 Å². The molecule has 1 heterocycles. The Morgan fingerprint density at radius 1 is 1.11 bits per heavy atom. The molecule has 178 valence electrons. The number of carbonyl (C=O) groups excluding carboxylic acids is 2. The lowest BCUT2D eigenvalue weighted by atomic mass is 10.0. The van der Waals surface area contributed by atoms with Crippen molar-refractivity contribution < 1.29 is 18.7 Å². The molecule has 5 rings (SSSR count). The molecular weight excluding hydrogens is 449 g/mol. The van der Waals surface area contributed by atoms with Gasteiger partial charge in [0.2, 0.25) is 5.91 Å². The average Bonchev–Trinajstić information content (AvgIpc) is 3.64. The number of benzene rings is 3. The molecule has 9 heteroatoms. The first kappa shape index (κ1) is 22.5. The second kappa shape index (κ2) is 9.54. The highest BCUT2D eigenvalue weighted by Gasteiger charge is 2.41. The number of ether oxygens (including phenoxy) is 1. The van der Waals surface area contributed by atoms with Crippen LogP contribution >= 0.6 is 0 Å². The zero-order valence-corrected chi connectivity index (χ0v) is 19.1. The number of aromatic nitrogens is 3. The fourth-order valence-electron chi connectivity index (χ4n) is 4.15. The van der Waals surface area contributed by atoms with Gasteiger partial charge in [0.25, 0.3) is 5.91 Å². The van der Waals surface area contributed by atoms with Crippen LogP contribution < -0.4 is 10.1 Å². The Morgan fingerprint density at radius 2 is 1.89 bits per heavy atom. The number of fused-ring (bicyclic) bond motifs is 1. The smallest absolute Gasteiger partial charge is 0.251 e. The lowest BCUT2D eigenvalue weighted by Gasteiger charge is -2.31. The van der Waals surface area contributed by atoms with Crippen molar-refractivity contribution in [2.24, 2.45) is 0 Å². The molecule has 1 N–H and O–H groups in total. The maximum absolute atomic E-state index is 13.7. The summed E-state index contributed by atoms with van der Waals surface area (Å²) in [6.07, 6.45) is 1.60. The molecule has 1 aliphatic rings. The molecular formula is C26H24FN5O3. The fourth-order valence-corrected chi connectivity index (χ4v) is 4.15. The predicted octanol–water partition coefficient (Wildman–Crippen LogP) is 3.95. The number of anilines is 1. The molecule has 8 nitrogen and oxygen atoms in total. The van der Waals surface area contributed by atoms with Crippen molar-refractivity contribution in [1.29, 1.82) is 0 Å². The van der Waals surface area contributed by atoms with Crippen LogP contribution in [0.3, 0.4) is 0 Å². The molecule has 1 aliphatic carbocycles. The van der Waals surface area contributed by atoms with E-state index in [1.807, 2.05) is 24.3 Å². The zero-order chi connectivity index (χ0) is 24.4. The second-order valence-electron chi connectivity index (χ2n) is 8.44. The Morgan fingerprint density at radius 3 is 2.63 bits per heavy atom. The number of methoxy groups -OCH3 is 1. The van der Waals surface area contributed by atoms with E-state index in [9.17, 15) is 14.0 Å². The Labute approximate surface area is 201 Å². The highest BCUT2D eigenvalue weighted by molar-refractivity contribution is 5.98. The molecule has 1 aromatic heterocycles. The molecule has 3 aromatic carbocycles. The van der Waals surface area contributed by atoms with Crippen molar-refractivity contribution in [3.63, 3.8) is 0 Å². The average molecular weight is 474 g/mol. The molecule has 0 radical (unpaired) electrons. The second-order valence-corrected chi connectivity index (χ2v) is 8.44. The number of nitrogens with zero attached hydrogens (tertiary/aromatic N) is 4. The Balaban J connectivity index is 1.49. The number of rotatable bonds is 8. The van der Waals surface area contributed by atoms with Gasteiger partial charge < -0.3 is 15.0 Å². The predicted molar refractivity (Wildman–Crippen MR) is 128 cm³/mol. The summed E-state index contributed by atoms with van der Waals surface area (Å²) < 4.78 is 20.3. The number of amides is 2. The quantitative estimate of drug-likeness (QED) is 0.419. The first-order chi connectivity index (χ1) is 17.0. The lowest BCUT2D eigenvalue weighted by molar-refractivity contribution is -0.140. The zero-order valence-electron chi connectivity index (χ0n) is 19.1. The first-order valence-corrected chi connectivity index (χ1v) is 11.3. The highest BCUT2D eigenvalue weighted by atomic mass is 19.1. The van der Waals surface area contributed by atoms with E-state index in [2.05, 4.69) is 15.6 Å². The normalized spacial score (nSPS) is 13.9. The van der Waals surface area contributed by atoms with Gasteiger partial charge in [0.1, 0.15) is 29.7 Å². The molecule has 2 amide bonds. The van der Waals surface area contributed by atoms with Gasteiger partial charge in [0, 0.05) is 11.7 Å². The largest absolute Gasteiger partial charge is 0.497 e. The molecule has 0 unspecified atom stereocenters. The number of nitrogens with one attached hydrogen (secondary N) is 1. The molecule has 0 saturated heterocycles. The third kappa shape index (κ3) is 4.84. The Hall–Kier alpha value is -4.27. The van der Waals surface area contributed by atoms with Gasteiger partial charge >= 0.3 is 0 Å². The van der Waals surface area contributed by atoms with Crippen LogP contribution in [0.1, 0.15) is 24.4 Å². The van der Waals surface area contributed by atoms with Crippen LogP contribution in [0.5, 0.6) is 5.75 Å². The summed E-state index contributed by atoms with van der Waals surface area (Å²) in [5.41, 5.74) is 2.49. The Bertz CT molecular complexity index is 1370. The third-order valence-corrected chi connectivity index (χ3v) is 5.98. The van der Waals surface area contributed by atoms with E-state index >= 15 is 0 Å². The third-order valence-electron chi connectivity index (χ3n) is 5.98. The molecule has 1 saturated carbocycles. The van der Waals surface area contributed by atoms with E-state index in [1.165, 1.54) is 24.3 Å². The lowest BCUT2D eigenvalue weighted by Crippen LogP contribution is -2.44. The molecule has 0 aliphatic heterocycles. The van der Waals surface area contributed by atoms with Crippen molar-refractivity contribution in [2.75, 3.05) is 12.4 Å². The molecule has 4 aromatic rings. The van der Waals surface area contributed by atoms with Crippen LogP contribution in [0.15, 0.2) is 72.8 Å². The van der Waals surface area contributed by atoms with Gasteiger partial charge in [0.05, 0.1) is 12.6 Å². The van der Waals surface area contributed by atoms with Gasteiger partial charge in [-0.25, -0.2) is 9.07 Å². The summed E-state index contributed by atoms with van der Waals surface area (Å²) >= 11 is 0. The number of hydrogen-bond donors (Lipinski definition) is 1. The van der Waals surface area contributed by atoms with Gasteiger partial charge in [-0.1, -0.05) is 29.5 Å². The summed E-state index contributed by atoms with van der Waals surface area (Å²) in [5, 5.41) is 11.1. The standard InChI is InChI=1S/C26H24FN5O3/c1-35-21-6-4-5-17(15-21)25(26(34)28-19-11-9-18(27)10-12-19)32(20-13-14-20)24(33)16-31-23-8-3-2-7-22(23)29-30-31/h2-12,15,20,25H,13-14,16H2,1H3,(H,28,34)/t25-/m0/s1. The molecule has 0 spiro atoms. The van der Waals surface area contributed by atoms with E-state index < -0.39 is 17.8 Å². The molecule has 0 bridgehead atoms. The molecule has 1 atom stereocenters. The maximum atomic E-state index is 13.7. The van der Waals surface area contributed by atoms with Crippen LogP contribution in [-0.4, -0.2) is 44.9 Å². The van der Waals surface area contributed by atoms with Crippen LogP contribution in [0.2, 0.25) is 0 Å². The number of para-hydroxylation sites is 1. The van der Waals surface area contributed by atoms with Gasteiger partial charge in [0.15, 0.2) is 0 Å². The first-order valence-electron chi connectivity index (χ1n) is 11.3. The van der Waals surface area contributed by atoms with E-state index in [4.69, 9.17) is 4.74 Å². The summed E-state index contributed by atoms with van der Waals surface area (Å²) in [6.45, 7) is -0.0543. The van der Waals surface area contributed by atoms with Crippen molar-refractivity contribution in [3.05, 3.63) is 84.2 Å². The van der Waals surface area contributed by atoms with E-state index in [0.29, 0.717) is 22.5 Å². The van der Waals surface area contributed by atoms with Crippen molar-refractivity contribution in [2.45, 2.75) is 31.5 Å². The van der Waals surface area contributed by atoms with Gasteiger partial charge in [-0.05, 0) is 66.9 Å². The Kier molecular flexibility index (Phi) is 6.13. The number of halogens is 1. The van der Waals surface area contributed by atoms with E-state index in [0.717, 1.165) is 18.4 Å². The molecule has 1 fully saturated rings. The van der Waals surface area contributed by atoms with Crippen LogP contribution in [0, 0.1) is 5.82 Å². The molecule has 35 heavy (non-hydrogen) atoms. The number of hydrogen-bond acceptors (Lipinski definition) is 5. The van der Waals surface area contributed by atoms with Crippen LogP contribution in [-0.2, 0) is 16.1 Å². The summed E-state index contributed by atoms with van der Waals surface area (Å²) in [6, 6.07) is 19.1. The SMILES string of the molecule is COc1cccc([C@@H](C(=O)Nc2ccc(F)cc2)N(C(=O)Cn2nnc3ccccc32)C2CC2)c1.